The Morgan fingerprint density at radius 1 is 1.08 bits per heavy atom. The monoisotopic (exact) mass is 352 g/mol. The summed E-state index contributed by atoms with van der Waals surface area (Å²) in [7, 11) is 0. The molecule has 3 rings (SSSR count). The molecule has 134 valence electrons. The van der Waals surface area contributed by atoms with Gasteiger partial charge in [-0.3, -0.25) is 0 Å². The van der Waals surface area contributed by atoms with Crippen LogP contribution in [0, 0.1) is 35.3 Å². The molecule has 0 aliphatic heterocycles. The van der Waals surface area contributed by atoms with Crippen LogP contribution in [0.25, 0.3) is 11.4 Å². The molecule has 0 amide bonds. The second-order valence-electron chi connectivity index (χ2n) is 6.64. The number of benzene rings is 1. The van der Waals surface area contributed by atoms with Gasteiger partial charge >= 0.3 is 0 Å². The highest BCUT2D eigenvalue weighted by atomic mass is 19.2. The van der Waals surface area contributed by atoms with Crippen LogP contribution in [0.5, 0.6) is 0 Å². The number of nitrogens with zero attached hydrogens (tertiary/aromatic N) is 2. The number of halogens is 2. The zero-order chi connectivity index (χ0) is 18.4. The molecule has 2 nitrogen and oxygen atoms in total. The topological polar surface area (TPSA) is 25.8 Å². The van der Waals surface area contributed by atoms with E-state index in [1.807, 2.05) is 0 Å². The smallest absolute Gasteiger partial charge is 0.159 e. The first-order valence-electron chi connectivity index (χ1n) is 9.11. The summed E-state index contributed by atoms with van der Waals surface area (Å²) in [6.45, 7) is 2.16. The Morgan fingerprint density at radius 2 is 1.81 bits per heavy atom. The first-order chi connectivity index (χ1) is 12.7. The molecule has 0 spiro atoms. The third-order valence-corrected chi connectivity index (χ3v) is 4.67. The van der Waals surface area contributed by atoms with Crippen molar-refractivity contribution >= 4 is 0 Å². The maximum absolute atomic E-state index is 13.3. The van der Waals surface area contributed by atoms with Crippen LogP contribution >= 0.6 is 0 Å². The SMILES string of the molecule is CC/C=C/C1CCC(C#Cc2cnc(-c3ccc(F)c(F)c3)nc2)CC1. The molecule has 0 unspecified atom stereocenters. The summed E-state index contributed by atoms with van der Waals surface area (Å²) in [6.07, 6.45) is 13.6. The molecular formula is C22H22F2N2. The summed E-state index contributed by atoms with van der Waals surface area (Å²) in [6, 6.07) is 3.64. The van der Waals surface area contributed by atoms with E-state index in [0.717, 1.165) is 37.0 Å². The Hall–Kier alpha value is -2.54. The second-order valence-corrected chi connectivity index (χ2v) is 6.64. The molecule has 0 radical (unpaired) electrons. The van der Waals surface area contributed by atoms with Crippen LogP contribution in [0.3, 0.4) is 0 Å². The number of hydrogen-bond acceptors (Lipinski definition) is 2. The molecule has 4 heteroatoms. The first kappa shape index (κ1) is 18.3. The van der Waals surface area contributed by atoms with Crippen molar-refractivity contribution in [2.45, 2.75) is 39.0 Å². The standard InChI is InChI=1S/C22H22F2N2/c1-2-3-4-16-5-7-17(8-6-16)9-10-18-14-25-22(26-15-18)19-11-12-20(23)21(24)13-19/h3-4,11-17H,2,5-8H2,1H3/b4-3+. The molecule has 1 aromatic heterocycles. The Morgan fingerprint density at radius 3 is 2.46 bits per heavy atom. The second kappa shape index (κ2) is 8.71. The molecule has 1 heterocycles. The molecule has 0 atom stereocenters. The average Bonchev–Trinajstić information content (AvgIpc) is 2.68. The zero-order valence-electron chi connectivity index (χ0n) is 14.9. The van der Waals surface area contributed by atoms with Crippen molar-refractivity contribution in [3.8, 4) is 23.2 Å². The fraction of sp³-hybridized carbons (Fsp3) is 0.364. The van der Waals surface area contributed by atoms with Gasteiger partial charge in [0.15, 0.2) is 17.5 Å². The van der Waals surface area contributed by atoms with E-state index in [0.29, 0.717) is 23.2 Å². The van der Waals surface area contributed by atoms with E-state index in [1.54, 1.807) is 12.4 Å². The molecule has 1 fully saturated rings. The van der Waals surface area contributed by atoms with Crippen LogP contribution in [-0.2, 0) is 0 Å². The van der Waals surface area contributed by atoms with Gasteiger partial charge in [-0.1, -0.05) is 30.9 Å². The van der Waals surface area contributed by atoms with E-state index in [4.69, 9.17) is 0 Å². The highest BCUT2D eigenvalue weighted by molar-refractivity contribution is 5.55. The maximum Gasteiger partial charge on any atom is 0.159 e. The number of aromatic nitrogens is 2. The Bertz CT molecular complexity index is 823. The van der Waals surface area contributed by atoms with Crippen LogP contribution in [0.1, 0.15) is 44.6 Å². The lowest BCUT2D eigenvalue weighted by Crippen LogP contribution is -2.11. The van der Waals surface area contributed by atoms with E-state index in [2.05, 4.69) is 40.9 Å². The predicted octanol–water partition coefficient (Wildman–Crippen LogP) is 5.55. The van der Waals surface area contributed by atoms with Crippen LogP contribution < -0.4 is 0 Å². The number of hydrogen-bond donors (Lipinski definition) is 0. The van der Waals surface area contributed by atoms with Gasteiger partial charge < -0.3 is 0 Å². The summed E-state index contributed by atoms with van der Waals surface area (Å²) < 4.78 is 26.3. The number of allylic oxidation sites excluding steroid dienone is 2. The Kier molecular flexibility index (Phi) is 6.12. The van der Waals surface area contributed by atoms with Crippen LogP contribution in [-0.4, -0.2) is 9.97 Å². The molecule has 1 saturated carbocycles. The van der Waals surface area contributed by atoms with Gasteiger partial charge in [-0.2, -0.15) is 0 Å². The van der Waals surface area contributed by atoms with Gasteiger partial charge in [-0.05, 0) is 56.2 Å². The summed E-state index contributed by atoms with van der Waals surface area (Å²) in [5.74, 6) is 6.17. The van der Waals surface area contributed by atoms with Crippen molar-refractivity contribution in [3.63, 3.8) is 0 Å². The van der Waals surface area contributed by atoms with Gasteiger partial charge in [-0.15, -0.1) is 0 Å². The van der Waals surface area contributed by atoms with Gasteiger partial charge in [0.25, 0.3) is 0 Å². The predicted molar refractivity (Wildman–Crippen MR) is 99.1 cm³/mol. The van der Waals surface area contributed by atoms with Gasteiger partial charge in [0.1, 0.15) is 0 Å². The average molecular weight is 352 g/mol. The molecule has 0 saturated heterocycles. The van der Waals surface area contributed by atoms with Crippen molar-refractivity contribution in [2.24, 2.45) is 11.8 Å². The third-order valence-electron chi connectivity index (χ3n) is 4.67. The van der Waals surface area contributed by atoms with E-state index >= 15 is 0 Å². The molecule has 0 N–H and O–H groups in total. The fourth-order valence-corrected chi connectivity index (χ4v) is 3.15. The molecule has 0 bridgehead atoms. The van der Waals surface area contributed by atoms with Crippen molar-refractivity contribution in [2.75, 3.05) is 0 Å². The summed E-state index contributed by atoms with van der Waals surface area (Å²) >= 11 is 0. The highest BCUT2D eigenvalue weighted by Gasteiger charge is 2.17. The molecule has 1 aliphatic carbocycles. The maximum atomic E-state index is 13.3. The minimum Gasteiger partial charge on any atom is -0.235 e. The minimum absolute atomic E-state index is 0.359. The molecule has 1 aliphatic rings. The zero-order valence-corrected chi connectivity index (χ0v) is 14.9. The normalized spacial score (nSPS) is 20.0. The van der Waals surface area contributed by atoms with Gasteiger partial charge in [0.2, 0.25) is 0 Å². The summed E-state index contributed by atoms with van der Waals surface area (Å²) in [4.78, 5) is 8.43. The fourth-order valence-electron chi connectivity index (χ4n) is 3.15. The van der Waals surface area contributed by atoms with Gasteiger partial charge in [0.05, 0.1) is 5.56 Å². The van der Waals surface area contributed by atoms with Crippen LogP contribution in [0.4, 0.5) is 8.78 Å². The lowest BCUT2D eigenvalue weighted by molar-refractivity contribution is 0.364. The Balaban J connectivity index is 1.61. The van der Waals surface area contributed by atoms with Crippen molar-refractivity contribution in [3.05, 3.63) is 59.9 Å². The summed E-state index contributed by atoms with van der Waals surface area (Å²) in [5, 5.41) is 0. The van der Waals surface area contributed by atoms with E-state index < -0.39 is 11.6 Å². The van der Waals surface area contributed by atoms with Crippen LogP contribution in [0.2, 0.25) is 0 Å². The third kappa shape index (κ3) is 4.76. The van der Waals surface area contributed by atoms with Gasteiger partial charge in [-0.25, -0.2) is 18.7 Å². The largest absolute Gasteiger partial charge is 0.235 e. The minimum atomic E-state index is -0.903. The van der Waals surface area contributed by atoms with E-state index in [1.165, 1.54) is 18.9 Å². The molecule has 1 aromatic carbocycles. The molecular weight excluding hydrogens is 330 g/mol. The lowest BCUT2D eigenvalue weighted by Gasteiger charge is -2.23. The first-order valence-corrected chi connectivity index (χ1v) is 9.11. The van der Waals surface area contributed by atoms with E-state index in [9.17, 15) is 8.78 Å². The lowest BCUT2D eigenvalue weighted by atomic mass is 9.82. The Labute approximate surface area is 153 Å². The van der Waals surface area contributed by atoms with Crippen molar-refractivity contribution in [1.82, 2.24) is 9.97 Å². The van der Waals surface area contributed by atoms with Crippen LogP contribution in [0.15, 0.2) is 42.7 Å². The van der Waals surface area contributed by atoms with Crippen molar-refractivity contribution in [1.29, 1.82) is 0 Å². The molecule has 26 heavy (non-hydrogen) atoms. The molecule has 2 aromatic rings. The van der Waals surface area contributed by atoms with E-state index in [-0.39, 0.29) is 0 Å². The van der Waals surface area contributed by atoms with Gasteiger partial charge in [0, 0.05) is 23.9 Å². The van der Waals surface area contributed by atoms with Crippen molar-refractivity contribution < 1.29 is 8.78 Å². The highest BCUT2D eigenvalue weighted by Crippen LogP contribution is 2.29. The number of rotatable bonds is 3. The quantitative estimate of drug-likeness (QED) is 0.535. The summed E-state index contributed by atoms with van der Waals surface area (Å²) in [5.41, 5.74) is 1.19.